The van der Waals surface area contributed by atoms with Crippen molar-refractivity contribution in [2.24, 2.45) is 5.92 Å². The number of anilines is 1. The Bertz CT molecular complexity index is 554. The molecule has 2 rings (SSSR count). The van der Waals surface area contributed by atoms with E-state index in [1.807, 2.05) is 19.1 Å². The summed E-state index contributed by atoms with van der Waals surface area (Å²) in [7, 11) is 0. The van der Waals surface area contributed by atoms with Gasteiger partial charge in [-0.3, -0.25) is 4.79 Å². The number of aryl methyl sites for hydroxylation is 1. The minimum atomic E-state index is -0.814. The number of halogens is 2. The van der Waals surface area contributed by atoms with E-state index in [0.29, 0.717) is 18.8 Å². The molecule has 1 aromatic rings. The van der Waals surface area contributed by atoms with Gasteiger partial charge in [0.05, 0.1) is 5.69 Å². The second-order valence-electron chi connectivity index (χ2n) is 5.23. The van der Waals surface area contributed by atoms with E-state index in [9.17, 15) is 9.59 Å². The molecular formula is C14H16Br2N2O3. The first-order valence-electron chi connectivity index (χ1n) is 6.60. The maximum atomic E-state index is 12.3. The third-order valence-electron chi connectivity index (χ3n) is 3.45. The molecule has 2 N–H and O–H groups in total. The van der Waals surface area contributed by atoms with E-state index in [0.717, 1.165) is 20.9 Å². The van der Waals surface area contributed by atoms with E-state index < -0.39 is 5.97 Å². The minimum Gasteiger partial charge on any atom is -0.481 e. The number of carbonyl (C=O) groups excluding carboxylic acids is 1. The quantitative estimate of drug-likeness (QED) is 0.781. The van der Waals surface area contributed by atoms with Gasteiger partial charge in [-0.1, -0.05) is 0 Å². The maximum Gasteiger partial charge on any atom is 0.321 e. The lowest BCUT2D eigenvalue weighted by Gasteiger charge is -2.19. The van der Waals surface area contributed by atoms with Gasteiger partial charge in [0, 0.05) is 28.5 Å². The van der Waals surface area contributed by atoms with Gasteiger partial charge in [0.15, 0.2) is 0 Å². The van der Waals surface area contributed by atoms with E-state index >= 15 is 0 Å². The number of amides is 2. The summed E-state index contributed by atoms with van der Waals surface area (Å²) in [4.78, 5) is 24.6. The number of likely N-dealkylation sites (tertiary alicyclic amines) is 1. The summed E-state index contributed by atoms with van der Waals surface area (Å²) in [5.41, 5.74) is 1.77. The highest BCUT2D eigenvalue weighted by Gasteiger charge is 2.28. The molecule has 0 saturated carbocycles. The summed E-state index contributed by atoms with van der Waals surface area (Å²) in [5.74, 6) is -0.774. The lowest BCUT2D eigenvalue weighted by atomic mass is 10.1. The summed E-state index contributed by atoms with van der Waals surface area (Å²) >= 11 is 6.88. The van der Waals surface area contributed by atoms with Gasteiger partial charge in [-0.15, -0.1) is 0 Å². The van der Waals surface area contributed by atoms with Crippen molar-refractivity contribution in [2.45, 2.75) is 19.8 Å². The average Bonchev–Trinajstić information content (AvgIpc) is 2.81. The highest BCUT2D eigenvalue weighted by atomic mass is 79.9. The van der Waals surface area contributed by atoms with Crippen molar-refractivity contribution >= 4 is 49.5 Å². The van der Waals surface area contributed by atoms with Crippen LogP contribution in [0.3, 0.4) is 0 Å². The Morgan fingerprint density at radius 2 is 2.00 bits per heavy atom. The predicted octanol–water partition coefficient (Wildman–Crippen LogP) is 3.85. The number of hydrogen-bond acceptors (Lipinski definition) is 2. The Hall–Kier alpha value is -1.08. The number of nitrogens with one attached hydrogen (secondary N) is 1. The third kappa shape index (κ3) is 4.20. The fourth-order valence-electron chi connectivity index (χ4n) is 2.44. The fraction of sp³-hybridized carbons (Fsp3) is 0.429. The molecule has 0 aromatic heterocycles. The van der Waals surface area contributed by atoms with E-state index in [-0.39, 0.29) is 18.4 Å². The molecule has 1 atom stereocenters. The molecule has 5 nitrogen and oxygen atoms in total. The van der Waals surface area contributed by atoms with Crippen LogP contribution in [0.4, 0.5) is 10.5 Å². The smallest absolute Gasteiger partial charge is 0.321 e. The summed E-state index contributed by atoms with van der Waals surface area (Å²) in [6.45, 7) is 3.04. The van der Waals surface area contributed by atoms with Gasteiger partial charge in [-0.25, -0.2) is 4.79 Å². The lowest BCUT2D eigenvalue weighted by molar-refractivity contribution is -0.138. The molecule has 0 radical (unpaired) electrons. The number of urea groups is 1. The Morgan fingerprint density at radius 1 is 1.38 bits per heavy atom. The average molecular weight is 420 g/mol. The van der Waals surface area contributed by atoms with Crippen molar-refractivity contribution in [2.75, 3.05) is 18.4 Å². The first-order chi connectivity index (χ1) is 9.86. The van der Waals surface area contributed by atoms with Crippen LogP contribution in [-0.2, 0) is 4.79 Å². The highest BCUT2D eigenvalue weighted by Crippen LogP contribution is 2.33. The molecule has 1 fully saturated rings. The van der Waals surface area contributed by atoms with Crippen molar-refractivity contribution < 1.29 is 14.7 Å². The Kier molecular flexibility index (Phi) is 5.27. The van der Waals surface area contributed by atoms with Gasteiger partial charge in [-0.2, -0.15) is 0 Å². The molecule has 114 valence electrons. The minimum absolute atomic E-state index is 0.0400. The number of nitrogens with zero attached hydrogens (tertiary/aromatic N) is 1. The van der Waals surface area contributed by atoms with Crippen molar-refractivity contribution in [1.82, 2.24) is 4.90 Å². The molecule has 2 amide bonds. The second kappa shape index (κ2) is 6.79. The first-order valence-corrected chi connectivity index (χ1v) is 8.18. The second-order valence-corrected chi connectivity index (χ2v) is 6.94. The summed E-state index contributed by atoms with van der Waals surface area (Å²) in [6, 6.07) is 3.66. The van der Waals surface area contributed by atoms with E-state index in [2.05, 4.69) is 37.2 Å². The monoisotopic (exact) mass is 418 g/mol. The Labute approximate surface area is 140 Å². The van der Waals surface area contributed by atoms with Crippen molar-refractivity contribution in [3.05, 3.63) is 26.6 Å². The van der Waals surface area contributed by atoms with Gasteiger partial charge in [0.2, 0.25) is 0 Å². The van der Waals surface area contributed by atoms with Crippen LogP contribution in [0.5, 0.6) is 0 Å². The number of carboxylic acids is 1. The van der Waals surface area contributed by atoms with Crippen LogP contribution in [-0.4, -0.2) is 35.1 Å². The fourth-order valence-corrected chi connectivity index (χ4v) is 4.05. The first kappa shape index (κ1) is 16.3. The normalized spacial score (nSPS) is 17.9. The van der Waals surface area contributed by atoms with Gasteiger partial charge < -0.3 is 15.3 Å². The number of benzene rings is 1. The number of carbonyl (C=O) groups is 2. The molecule has 1 saturated heterocycles. The zero-order valence-corrected chi connectivity index (χ0v) is 14.7. The van der Waals surface area contributed by atoms with E-state index in [4.69, 9.17) is 5.11 Å². The zero-order valence-electron chi connectivity index (χ0n) is 11.5. The van der Waals surface area contributed by atoms with Crippen LogP contribution in [0.2, 0.25) is 0 Å². The molecule has 1 unspecified atom stereocenters. The molecule has 0 bridgehead atoms. The van der Waals surface area contributed by atoms with Crippen LogP contribution in [0.25, 0.3) is 0 Å². The number of rotatable bonds is 3. The summed E-state index contributed by atoms with van der Waals surface area (Å²) in [5, 5.41) is 11.7. The van der Waals surface area contributed by atoms with Crippen LogP contribution >= 0.6 is 31.9 Å². The SMILES string of the molecule is Cc1cc(Br)c(NC(=O)N2CCC(CC(=O)O)C2)c(Br)c1. The van der Waals surface area contributed by atoms with Crippen molar-refractivity contribution in [3.63, 3.8) is 0 Å². The molecule has 1 aliphatic rings. The standard InChI is InChI=1S/C14H16Br2N2O3/c1-8-4-10(15)13(11(16)5-8)17-14(21)18-3-2-9(7-18)6-12(19)20/h4-5,9H,2-3,6-7H2,1H3,(H,17,21)(H,19,20). The molecular weight excluding hydrogens is 404 g/mol. The number of aliphatic carboxylic acids is 1. The number of carboxylic acid groups (broad SMARTS) is 1. The zero-order chi connectivity index (χ0) is 15.6. The van der Waals surface area contributed by atoms with E-state index in [1.165, 1.54) is 0 Å². The van der Waals surface area contributed by atoms with Crippen LogP contribution in [0.1, 0.15) is 18.4 Å². The van der Waals surface area contributed by atoms with E-state index in [1.54, 1.807) is 4.90 Å². The third-order valence-corrected chi connectivity index (χ3v) is 4.71. The van der Waals surface area contributed by atoms with Crippen LogP contribution < -0.4 is 5.32 Å². The highest BCUT2D eigenvalue weighted by molar-refractivity contribution is 9.11. The molecule has 0 aliphatic carbocycles. The molecule has 21 heavy (non-hydrogen) atoms. The molecule has 0 spiro atoms. The summed E-state index contributed by atoms with van der Waals surface area (Å²) in [6.07, 6.45) is 0.845. The van der Waals surface area contributed by atoms with Crippen LogP contribution in [0, 0.1) is 12.8 Å². The van der Waals surface area contributed by atoms with Gasteiger partial charge in [0.25, 0.3) is 0 Å². The van der Waals surface area contributed by atoms with Gasteiger partial charge in [-0.05, 0) is 68.8 Å². The Morgan fingerprint density at radius 3 is 2.57 bits per heavy atom. The van der Waals surface area contributed by atoms with Crippen molar-refractivity contribution in [1.29, 1.82) is 0 Å². The largest absolute Gasteiger partial charge is 0.481 e. The molecule has 1 heterocycles. The predicted molar refractivity (Wildman–Crippen MR) is 87.5 cm³/mol. The van der Waals surface area contributed by atoms with Gasteiger partial charge >= 0.3 is 12.0 Å². The summed E-state index contributed by atoms with van der Waals surface area (Å²) < 4.78 is 1.62. The molecule has 1 aromatic carbocycles. The van der Waals surface area contributed by atoms with Crippen LogP contribution in [0.15, 0.2) is 21.1 Å². The van der Waals surface area contributed by atoms with Gasteiger partial charge in [0.1, 0.15) is 0 Å². The molecule has 1 aliphatic heterocycles. The molecule has 7 heteroatoms. The van der Waals surface area contributed by atoms with Crippen molar-refractivity contribution in [3.8, 4) is 0 Å². The maximum absolute atomic E-state index is 12.3. The Balaban J connectivity index is 2.01. The lowest BCUT2D eigenvalue weighted by Crippen LogP contribution is -2.33. The number of hydrogen-bond donors (Lipinski definition) is 2. The topological polar surface area (TPSA) is 69.6 Å².